The number of piperazine rings is 1. The van der Waals surface area contributed by atoms with Crippen molar-refractivity contribution in [3.05, 3.63) is 120 Å². The van der Waals surface area contributed by atoms with Gasteiger partial charge in [0.05, 0.1) is 5.75 Å². The molecule has 2 amide bonds. The summed E-state index contributed by atoms with van der Waals surface area (Å²) in [5, 5.41) is 3.42. The van der Waals surface area contributed by atoms with Crippen molar-refractivity contribution in [3.63, 3.8) is 0 Å². The number of carbonyl (C=O) groups excluding carboxylic acids is 2. The molecule has 1 aliphatic rings. The molecule has 0 spiro atoms. The number of aryl methyl sites for hydroxylation is 1. The van der Waals surface area contributed by atoms with Crippen molar-refractivity contribution in [1.29, 1.82) is 0 Å². The number of anilines is 2. The van der Waals surface area contributed by atoms with Crippen LogP contribution in [0.15, 0.2) is 119 Å². The normalized spacial score (nSPS) is 13.1. The molecular formula is C35H32N4O3S. The summed E-state index contributed by atoms with van der Waals surface area (Å²) in [4.78, 5) is 34.6. The topological polar surface area (TPSA) is 78.7 Å². The molecule has 1 aliphatic heterocycles. The molecule has 0 saturated carbocycles. The van der Waals surface area contributed by atoms with Crippen LogP contribution in [0.3, 0.4) is 0 Å². The van der Waals surface area contributed by atoms with Crippen LogP contribution in [-0.4, -0.2) is 53.6 Å². The Morgan fingerprint density at radius 3 is 2.16 bits per heavy atom. The van der Waals surface area contributed by atoms with E-state index in [0.29, 0.717) is 24.1 Å². The molecule has 0 unspecified atom stereocenters. The van der Waals surface area contributed by atoms with Crippen LogP contribution in [0.2, 0.25) is 0 Å². The number of benzene rings is 4. The minimum atomic E-state index is -0.137. The van der Waals surface area contributed by atoms with E-state index in [0.717, 1.165) is 52.4 Å². The summed E-state index contributed by atoms with van der Waals surface area (Å²) < 4.78 is 6.13. The zero-order valence-electron chi connectivity index (χ0n) is 23.9. The number of oxazole rings is 1. The van der Waals surface area contributed by atoms with E-state index in [9.17, 15) is 9.59 Å². The molecule has 1 N–H and O–H groups in total. The molecule has 1 fully saturated rings. The van der Waals surface area contributed by atoms with E-state index < -0.39 is 0 Å². The first-order valence-corrected chi connectivity index (χ1v) is 15.3. The predicted molar refractivity (Wildman–Crippen MR) is 172 cm³/mol. The molecular weight excluding hydrogens is 556 g/mol. The molecule has 6 rings (SSSR count). The third-order valence-corrected chi connectivity index (χ3v) is 8.19. The van der Waals surface area contributed by atoms with Gasteiger partial charge in [0.1, 0.15) is 5.69 Å². The third kappa shape index (κ3) is 6.81. The Labute approximate surface area is 255 Å². The highest BCUT2D eigenvalue weighted by Gasteiger charge is 2.23. The number of aromatic nitrogens is 1. The largest absolute Gasteiger partial charge is 0.431 e. The lowest BCUT2D eigenvalue weighted by Gasteiger charge is -2.36. The predicted octanol–water partition coefficient (Wildman–Crippen LogP) is 7.01. The molecule has 0 radical (unpaired) electrons. The second kappa shape index (κ2) is 13.0. The smallest absolute Gasteiger partial charge is 0.257 e. The van der Waals surface area contributed by atoms with Gasteiger partial charge < -0.3 is 19.5 Å². The number of amides is 2. The monoisotopic (exact) mass is 588 g/mol. The van der Waals surface area contributed by atoms with Gasteiger partial charge in [-0.25, -0.2) is 4.98 Å². The van der Waals surface area contributed by atoms with Crippen molar-refractivity contribution in [2.24, 2.45) is 0 Å². The van der Waals surface area contributed by atoms with Crippen LogP contribution in [0.5, 0.6) is 0 Å². The first kappa shape index (κ1) is 28.3. The van der Waals surface area contributed by atoms with Gasteiger partial charge in [0, 0.05) is 54.2 Å². The zero-order chi connectivity index (χ0) is 29.6. The van der Waals surface area contributed by atoms with Gasteiger partial charge >= 0.3 is 0 Å². The number of carbonyl (C=O) groups is 2. The highest BCUT2D eigenvalue weighted by Crippen LogP contribution is 2.35. The average molecular weight is 589 g/mol. The van der Waals surface area contributed by atoms with Crippen molar-refractivity contribution < 1.29 is 14.0 Å². The molecule has 216 valence electrons. The van der Waals surface area contributed by atoms with Crippen LogP contribution in [0.4, 0.5) is 11.4 Å². The summed E-state index contributed by atoms with van der Waals surface area (Å²) in [5.74, 6) is 0.797. The van der Waals surface area contributed by atoms with Crippen molar-refractivity contribution >= 4 is 35.0 Å². The van der Waals surface area contributed by atoms with E-state index in [-0.39, 0.29) is 17.6 Å². The Morgan fingerprint density at radius 2 is 1.49 bits per heavy atom. The highest BCUT2D eigenvalue weighted by molar-refractivity contribution is 7.99. The first-order chi connectivity index (χ1) is 21.0. The molecule has 7 nitrogen and oxygen atoms in total. The summed E-state index contributed by atoms with van der Waals surface area (Å²) in [6, 6.07) is 35.4. The fraction of sp³-hybridized carbons (Fsp3) is 0.171. The number of rotatable bonds is 8. The van der Waals surface area contributed by atoms with E-state index >= 15 is 0 Å². The molecule has 43 heavy (non-hydrogen) atoms. The number of nitrogens with zero attached hydrogens (tertiary/aromatic N) is 3. The van der Waals surface area contributed by atoms with Crippen LogP contribution in [-0.2, 0) is 4.79 Å². The van der Waals surface area contributed by atoms with E-state index in [1.165, 1.54) is 11.8 Å². The summed E-state index contributed by atoms with van der Waals surface area (Å²) in [7, 11) is 0. The average Bonchev–Trinajstić information content (AvgIpc) is 3.49. The lowest BCUT2D eigenvalue weighted by Crippen LogP contribution is -2.48. The van der Waals surface area contributed by atoms with Crippen LogP contribution in [0, 0.1) is 6.92 Å². The van der Waals surface area contributed by atoms with Crippen LogP contribution in [0.1, 0.15) is 15.9 Å². The van der Waals surface area contributed by atoms with E-state index in [1.54, 1.807) is 0 Å². The standard InChI is InChI=1S/C35H32N4O3S/c1-25-9-8-14-28(23-25)34(41)39-21-19-38(20-22-39)30-17-15-29(16-18-30)36-31(40)24-43-35-37-32(26-10-4-2-5-11-26)33(42-35)27-12-6-3-7-13-27/h2-18,23H,19-22,24H2,1H3,(H,36,40). The van der Waals surface area contributed by atoms with Gasteiger partial charge in [-0.05, 0) is 43.3 Å². The lowest BCUT2D eigenvalue weighted by molar-refractivity contribution is -0.113. The summed E-state index contributed by atoms with van der Waals surface area (Å²) in [5.41, 5.74) is 6.27. The Hall–Kier alpha value is -4.82. The number of hydrogen-bond acceptors (Lipinski definition) is 6. The molecule has 0 atom stereocenters. The maximum absolute atomic E-state index is 12.9. The molecule has 4 aromatic carbocycles. The molecule has 8 heteroatoms. The van der Waals surface area contributed by atoms with Crippen molar-refractivity contribution in [3.8, 4) is 22.6 Å². The molecule has 1 aromatic heterocycles. The van der Waals surface area contributed by atoms with E-state index in [2.05, 4.69) is 10.2 Å². The Balaban J connectivity index is 1.03. The molecule has 0 aliphatic carbocycles. The van der Waals surface area contributed by atoms with Crippen LogP contribution in [0.25, 0.3) is 22.6 Å². The van der Waals surface area contributed by atoms with Gasteiger partial charge in [0.25, 0.3) is 11.1 Å². The maximum Gasteiger partial charge on any atom is 0.257 e. The minimum absolute atomic E-state index is 0.0802. The van der Waals surface area contributed by atoms with E-state index in [4.69, 9.17) is 9.40 Å². The summed E-state index contributed by atoms with van der Waals surface area (Å²) in [6.45, 7) is 4.85. The molecule has 1 saturated heterocycles. The maximum atomic E-state index is 12.9. The molecule has 2 heterocycles. The van der Waals surface area contributed by atoms with Crippen molar-refractivity contribution in [2.75, 3.05) is 42.1 Å². The number of hydrogen-bond donors (Lipinski definition) is 1. The van der Waals surface area contributed by atoms with Gasteiger partial charge in [-0.15, -0.1) is 0 Å². The Kier molecular flexibility index (Phi) is 8.56. The Bertz CT molecular complexity index is 1640. The molecule has 5 aromatic rings. The van der Waals surface area contributed by atoms with Gasteiger partial charge in [-0.2, -0.15) is 0 Å². The Morgan fingerprint density at radius 1 is 0.814 bits per heavy atom. The highest BCUT2D eigenvalue weighted by atomic mass is 32.2. The fourth-order valence-electron chi connectivity index (χ4n) is 5.15. The zero-order valence-corrected chi connectivity index (χ0v) is 24.7. The molecule has 0 bridgehead atoms. The van der Waals surface area contributed by atoms with Crippen LogP contribution < -0.4 is 10.2 Å². The van der Waals surface area contributed by atoms with Crippen molar-refractivity contribution in [1.82, 2.24) is 9.88 Å². The summed E-state index contributed by atoms with van der Waals surface area (Å²) >= 11 is 1.27. The van der Waals surface area contributed by atoms with Crippen LogP contribution >= 0.6 is 11.8 Å². The lowest BCUT2D eigenvalue weighted by atomic mass is 10.1. The fourth-order valence-corrected chi connectivity index (χ4v) is 5.77. The summed E-state index contributed by atoms with van der Waals surface area (Å²) in [6.07, 6.45) is 0. The second-order valence-corrected chi connectivity index (χ2v) is 11.3. The first-order valence-electron chi connectivity index (χ1n) is 14.3. The number of nitrogens with one attached hydrogen (secondary N) is 1. The van der Waals surface area contributed by atoms with Gasteiger partial charge in [0.2, 0.25) is 5.91 Å². The van der Waals surface area contributed by atoms with Crippen molar-refractivity contribution in [2.45, 2.75) is 12.1 Å². The SMILES string of the molecule is Cc1cccc(C(=O)N2CCN(c3ccc(NC(=O)CSc4nc(-c5ccccc5)c(-c5ccccc5)o4)cc3)CC2)c1. The quantitative estimate of drug-likeness (QED) is 0.197. The van der Waals surface area contributed by atoms with E-state index in [1.807, 2.05) is 121 Å². The second-order valence-electron chi connectivity index (χ2n) is 10.4. The van der Waals surface area contributed by atoms with Gasteiger partial charge in [-0.1, -0.05) is 90.1 Å². The number of thioether (sulfide) groups is 1. The minimum Gasteiger partial charge on any atom is -0.431 e. The van der Waals surface area contributed by atoms with Gasteiger partial charge in [-0.3, -0.25) is 9.59 Å². The van der Waals surface area contributed by atoms with Gasteiger partial charge in [0.15, 0.2) is 5.76 Å². The third-order valence-electron chi connectivity index (χ3n) is 7.37.